The molecule has 1 saturated carbocycles. The molecule has 1 heterocycles. The van der Waals surface area contributed by atoms with Crippen LogP contribution in [-0.2, 0) is 0 Å². The molecule has 3 aromatic rings. The molecule has 0 bridgehead atoms. The van der Waals surface area contributed by atoms with Crippen LogP contribution in [0.5, 0.6) is 5.75 Å². The van der Waals surface area contributed by atoms with Gasteiger partial charge in [0.2, 0.25) is 0 Å². The zero-order chi connectivity index (χ0) is 18.1. The lowest BCUT2D eigenvalue weighted by atomic mass is 10.1. The summed E-state index contributed by atoms with van der Waals surface area (Å²) in [5.74, 6) is 0.981. The summed E-state index contributed by atoms with van der Waals surface area (Å²) in [6, 6.07) is 18.1. The Bertz CT molecular complexity index is 933. The first kappa shape index (κ1) is 16.4. The van der Waals surface area contributed by atoms with Crippen LogP contribution in [0.3, 0.4) is 0 Å². The molecule has 0 radical (unpaired) electrons. The van der Waals surface area contributed by atoms with Crippen LogP contribution in [0.1, 0.15) is 34.0 Å². The number of aryl methyl sites for hydroxylation is 1. The van der Waals surface area contributed by atoms with Gasteiger partial charge in [0.25, 0.3) is 5.91 Å². The number of rotatable bonds is 5. The highest BCUT2D eigenvalue weighted by atomic mass is 16.5. The van der Waals surface area contributed by atoms with Gasteiger partial charge in [0.1, 0.15) is 11.4 Å². The second-order valence-corrected chi connectivity index (χ2v) is 6.65. The van der Waals surface area contributed by atoms with Gasteiger partial charge in [-0.15, -0.1) is 0 Å². The fraction of sp³-hybridized carbons (Fsp3) is 0.238. The minimum absolute atomic E-state index is 0.140. The van der Waals surface area contributed by atoms with E-state index in [9.17, 15) is 4.79 Å². The molecule has 1 N–H and O–H groups in total. The van der Waals surface area contributed by atoms with Gasteiger partial charge < -0.3 is 10.1 Å². The SMILES string of the molecule is COc1ccc(C)cc1-n1ccc(C(=O)N[C@H]2C[C@@H]2c2ccccc2)n1. The van der Waals surface area contributed by atoms with Crippen LogP contribution in [0.15, 0.2) is 60.8 Å². The number of benzene rings is 2. The van der Waals surface area contributed by atoms with Crippen LogP contribution in [0.25, 0.3) is 5.69 Å². The van der Waals surface area contributed by atoms with Gasteiger partial charge in [-0.2, -0.15) is 5.10 Å². The molecule has 0 aliphatic heterocycles. The lowest BCUT2D eigenvalue weighted by Gasteiger charge is -2.09. The molecule has 1 fully saturated rings. The Kier molecular flexibility index (Phi) is 4.21. The zero-order valence-corrected chi connectivity index (χ0v) is 14.8. The van der Waals surface area contributed by atoms with Crippen molar-refractivity contribution in [2.45, 2.75) is 25.3 Å². The van der Waals surface area contributed by atoms with E-state index in [2.05, 4.69) is 22.5 Å². The second kappa shape index (κ2) is 6.67. The summed E-state index contributed by atoms with van der Waals surface area (Å²) in [5.41, 5.74) is 3.60. The highest BCUT2D eigenvalue weighted by Gasteiger charge is 2.39. The molecular formula is C21H21N3O2. The fourth-order valence-electron chi connectivity index (χ4n) is 3.22. The van der Waals surface area contributed by atoms with E-state index in [1.165, 1.54) is 5.56 Å². The number of hydrogen-bond acceptors (Lipinski definition) is 3. The Labute approximate surface area is 152 Å². The summed E-state index contributed by atoms with van der Waals surface area (Å²) in [6.07, 6.45) is 2.76. The van der Waals surface area contributed by atoms with Crippen molar-refractivity contribution < 1.29 is 9.53 Å². The van der Waals surface area contributed by atoms with Gasteiger partial charge in [0.15, 0.2) is 5.69 Å². The summed E-state index contributed by atoms with van der Waals surface area (Å²) < 4.78 is 7.08. The van der Waals surface area contributed by atoms with Gasteiger partial charge in [-0.1, -0.05) is 36.4 Å². The highest BCUT2D eigenvalue weighted by molar-refractivity contribution is 5.92. The fourth-order valence-corrected chi connectivity index (χ4v) is 3.22. The molecule has 0 unspecified atom stereocenters. The summed E-state index contributed by atoms with van der Waals surface area (Å²) in [4.78, 5) is 12.5. The lowest BCUT2D eigenvalue weighted by Crippen LogP contribution is -2.27. The smallest absolute Gasteiger partial charge is 0.272 e. The van der Waals surface area contributed by atoms with E-state index < -0.39 is 0 Å². The van der Waals surface area contributed by atoms with Crippen molar-refractivity contribution in [2.24, 2.45) is 0 Å². The molecule has 1 amide bonds. The Morgan fingerprint density at radius 1 is 1.19 bits per heavy atom. The molecule has 132 valence electrons. The van der Waals surface area contributed by atoms with E-state index in [1.54, 1.807) is 24.1 Å². The molecule has 1 aliphatic rings. The molecule has 1 aliphatic carbocycles. The molecule has 0 spiro atoms. The van der Waals surface area contributed by atoms with Crippen LogP contribution in [0.2, 0.25) is 0 Å². The quantitative estimate of drug-likeness (QED) is 0.769. The average molecular weight is 347 g/mol. The van der Waals surface area contributed by atoms with Crippen molar-refractivity contribution >= 4 is 5.91 Å². The van der Waals surface area contributed by atoms with Crippen molar-refractivity contribution in [2.75, 3.05) is 7.11 Å². The van der Waals surface area contributed by atoms with Gasteiger partial charge in [0.05, 0.1) is 7.11 Å². The zero-order valence-electron chi connectivity index (χ0n) is 14.8. The van der Waals surface area contributed by atoms with Crippen LogP contribution in [0.4, 0.5) is 0 Å². The maximum absolute atomic E-state index is 12.5. The summed E-state index contributed by atoms with van der Waals surface area (Å²) in [7, 11) is 1.63. The van der Waals surface area contributed by atoms with Crippen molar-refractivity contribution in [3.05, 3.63) is 77.6 Å². The van der Waals surface area contributed by atoms with Gasteiger partial charge >= 0.3 is 0 Å². The van der Waals surface area contributed by atoms with Crippen molar-refractivity contribution in [1.29, 1.82) is 0 Å². The van der Waals surface area contributed by atoms with Crippen molar-refractivity contribution in [3.63, 3.8) is 0 Å². The topological polar surface area (TPSA) is 56.1 Å². The molecule has 5 nitrogen and oxygen atoms in total. The first-order valence-electron chi connectivity index (χ1n) is 8.72. The predicted octanol–water partition coefficient (Wildman–Crippen LogP) is 3.48. The van der Waals surface area contributed by atoms with Gasteiger partial charge in [-0.05, 0) is 42.7 Å². The van der Waals surface area contributed by atoms with Crippen molar-refractivity contribution in [3.8, 4) is 11.4 Å². The van der Waals surface area contributed by atoms with E-state index in [0.29, 0.717) is 11.6 Å². The molecule has 2 aromatic carbocycles. The monoisotopic (exact) mass is 347 g/mol. The molecule has 1 aromatic heterocycles. The van der Waals surface area contributed by atoms with Gasteiger partial charge in [-0.3, -0.25) is 4.79 Å². The third kappa shape index (κ3) is 3.20. The Morgan fingerprint density at radius 3 is 2.77 bits per heavy atom. The number of methoxy groups -OCH3 is 1. The maximum Gasteiger partial charge on any atom is 0.272 e. The summed E-state index contributed by atoms with van der Waals surface area (Å²) in [6.45, 7) is 2.01. The standard InChI is InChI=1S/C21H21N3O2/c1-14-8-9-20(26-2)19(12-14)24-11-10-17(23-24)21(25)22-18-13-16(18)15-6-4-3-5-7-15/h3-12,16,18H,13H2,1-2H3,(H,22,25)/t16-,18+/m1/s1. The van der Waals surface area contributed by atoms with E-state index in [4.69, 9.17) is 4.74 Å². The number of nitrogens with one attached hydrogen (secondary N) is 1. The number of carbonyl (C=O) groups excluding carboxylic acids is 1. The van der Waals surface area contributed by atoms with E-state index in [0.717, 1.165) is 23.4 Å². The molecule has 26 heavy (non-hydrogen) atoms. The van der Waals surface area contributed by atoms with Crippen LogP contribution < -0.4 is 10.1 Å². The van der Waals surface area contributed by atoms with Gasteiger partial charge in [0, 0.05) is 18.2 Å². The van der Waals surface area contributed by atoms with Crippen LogP contribution in [0, 0.1) is 6.92 Å². The largest absolute Gasteiger partial charge is 0.494 e. The number of amides is 1. The highest BCUT2D eigenvalue weighted by Crippen LogP contribution is 2.40. The summed E-state index contributed by atoms with van der Waals surface area (Å²) >= 11 is 0. The molecule has 4 rings (SSSR count). The number of nitrogens with zero attached hydrogens (tertiary/aromatic N) is 2. The number of hydrogen-bond donors (Lipinski definition) is 1. The maximum atomic E-state index is 12.5. The normalized spacial score (nSPS) is 18.4. The molecule has 0 saturated heterocycles. The van der Waals surface area contributed by atoms with Crippen molar-refractivity contribution in [1.82, 2.24) is 15.1 Å². The van der Waals surface area contributed by atoms with Crippen LogP contribution >= 0.6 is 0 Å². The van der Waals surface area contributed by atoms with E-state index >= 15 is 0 Å². The Morgan fingerprint density at radius 2 is 2.00 bits per heavy atom. The lowest BCUT2D eigenvalue weighted by molar-refractivity contribution is 0.0945. The first-order chi connectivity index (χ1) is 12.7. The van der Waals surface area contributed by atoms with Crippen LogP contribution in [-0.4, -0.2) is 28.8 Å². The minimum atomic E-state index is -0.140. The Balaban J connectivity index is 1.47. The Hall–Kier alpha value is -3.08. The number of carbonyl (C=O) groups is 1. The third-order valence-corrected chi connectivity index (χ3v) is 4.74. The first-order valence-corrected chi connectivity index (χ1v) is 8.72. The van der Waals surface area contributed by atoms with E-state index in [-0.39, 0.29) is 11.9 Å². The molecule has 5 heteroatoms. The molecular weight excluding hydrogens is 326 g/mol. The number of ether oxygens (including phenoxy) is 1. The predicted molar refractivity (Wildman–Crippen MR) is 99.9 cm³/mol. The van der Waals surface area contributed by atoms with Gasteiger partial charge in [-0.25, -0.2) is 4.68 Å². The minimum Gasteiger partial charge on any atom is -0.494 e. The average Bonchev–Trinajstić information content (AvgIpc) is 3.25. The summed E-state index contributed by atoms with van der Waals surface area (Å²) in [5, 5.41) is 7.51. The number of aromatic nitrogens is 2. The second-order valence-electron chi connectivity index (χ2n) is 6.65. The third-order valence-electron chi connectivity index (χ3n) is 4.74. The van der Waals surface area contributed by atoms with E-state index in [1.807, 2.05) is 43.3 Å². The molecule has 2 atom stereocenters.